The fourth-order valence-electron chi connectivity index (χ4n) is 0.966. The maximum atomic E-state index is 8.57. The molecular formula is C8H16BBrO2. The summed E-state index contributed by atoms with van der Waals surface area (Å²) in [4.78, 5) is 0. The summed E-state index contributed by atoms with van der Waals surface area (Å²) in [5.41, 5.74) is 0. The minimum absolute atomic E-state index is 0.883. The zero-order valence-electron chi connectivity index (χ0n) is 7.46. The van der Waals surface area contributed by atoms with E-state index in [1.165, 1.54) is 25.2 Å². The molecule has 0 heterocycles. The molecule has 0 spiro atoms. The number of halogens is 1. The van der Waals surface area contributed by atoms with E-state index in [0.717, 1.165) is 17.3 Å². The molecule has 0 saturated heterocycles. The summed E-state index contributed by atoms with van der Waals surface area (Å²) in [5, 5.41) is 17.1. The van der Waals surface area contributed by atoms with E-state index in [1.807, 2.05) is 0 Å². The van der Waals surface area contributed by atoms with Crippen molar-refractivity contribution in [3.63, 3.8) is 0 Å². The smallest absolute Gasteiger partial charge is 0.424 e. The minimum Gasteiger partial charge on any atom is -0.424 e. The highest BCUT2D eigenvalue weighted by Crippen LogP contribution is 2.15. The molecular weight excluding hydrogens is 219 g/mol. The molecule has 0 aliphatic heterocycles. The van der Waals surface area contributed by atoms with Crippen LogP contribution in [0, 0.1) is 0 Å². The normalized spacial score (nSPS) is 11.8. The monoisotopic (exact) mass is 234 g/mol. The highest BCUT2D eigenvalue weighted by Gasteiger charge is 2.02. The average molecular weight is 235 g/mol. The molecule has 0 aromatic rings. The topological polar surface area (TPSA) is 40.5 Å². The van der Waals surface area contributed by atoms with Crippen molar-refractivity contribution in [2.24, 2.45) is 0 Å². The Morgan fingerprint density at radius 3 is 2.50 bits per heavy atom. The van der Waals surface area contributed by atoms with Gasteiger partial charge in [-0.15, -0.1) is 0 Å². The lowest BCUT2D eigenvalue weighted by atomic mass is 9.91. The minimum atomic E-state index is -1.33. The molecule has 70 valence electrons. The number of hydrogen-bond donors (Lipinski definition) is 2. The van der Waals surface area contributed by atoms with Crippen LogP contribution in [0.3, 0.4) is 0 Å². The van der Waals surface area contributed by atoms with Crippen LogP contribution >= 0.6 is 15.9 Å². The molecule has 0 aromatic heterocycles. The van der Waals surface area contributed by atoms with Crippen LogP contribution in [0.5, 0.6) is 0 Å². The first-order valence-electron chi connectivity index (χ1n) is 4.39. The Hall–Kier alpha value is 0.205. The maximum absolute atomic E-state index is 8.57. The SMILES string of the molecule is CCCCCC/C(Br)=C/B(O)O. The molecule has 12 heavy (non-hydrogen) atoms. The molecule has 0 aromatic carbocycles. The standard InChI is InChI=1S/C8H16BBrO2/c1-2-3-4-5-6-8(10)7-9(11)12/h7,11-12H,2-6H2,1H3/b8-7-. The molecule has 0 rings (SSSR count). The van der Waals surface area contributed by atoms with E-state index in [0.29, 0.717) is 0 Å². The van der Waals surface area contributed by atoms with Gasteiger partial charge in [0.2, 0.25) is 0 Å². The predicted molar refractivity (Wildman–Crippen MR) is 56.0 cm³/mol. The van der Waals surface area contributed by atoms with Gasteiger partial charge in [-0.3, -0.25) is 0 Å². The van der Waals surface area contributed by atoms with Crippen molar-refractivity contribution in [2.45, 2.75) is 39.0 Å². The van der Waals surface area contributed by atoms with E-state index >= 15 is 0 Å². The van der Waals surface area contributed by atoms with Crippen molar-refractivity contribution in [3.05, 3.63) is 10.5 Å². The van der Waals surface area contributed by atoms with Gasteiger partial charge >= 0.3 is 7.12 Å². The highest BCUT2D eigenvalue weighted by atomic mass is 79.9. The average Bonchev–Trinajstić information content (AvgIpc) is 1.97. The quantitative estimate of drug-likeness (QED) is 0.547. The second-order valence-electron chi connectivity index (χ2n) is 2.84. The number of allylic oxidation sites excluding steroid dienone is 1. The molecule has 0 aliphatic carbocycles. The Balaban J connectivity index is 3.37. The van der Waals surface area contributed by atoms with Crippen LogP contribution < -0.4 is 0 Å². The largest absolute Gasteiger partial charge is 0.481 e. The molecule has 0 amide bonds. The van der Waals surface area contributed by atoms with Gasteiger partial charge in [0.15, 0.2) is 0 Å². The number of rotatable bonds is 6. The van der Waals surface area contributed by atoms with Crippen LogP contribution in [0.1, 0.15) is 39.0 Å². The van der Waals surface area contributed by atoms with E-state index in [2.05, 4.69) is 22.9 Å². The zero-order chi connectivity index (χ0) is 9.40. The Morgan fingerprint density at radius 2 is 2.00 bits per heavy atom. The predicted octanol–water partition coefficient (Wildman–Crippen LogP) is 2.25. The van der Waals surface area contributed by atoms with Crippen molar-refractivity contribution in [1.29, 1.82) is 0 Å². The van der Waals surface area contributed by atoms with Gasteiger partial charge in [-0.05, 0) is 23.3 Å². The lowest BCUT2D eigenvalue weighted by Crippen LogP contribution is -2.06. The molecule has 0 radical (unpaired) electrons. The summed E-state index contributed by atoms with van der Waals surface area (Å²) in [6, 6.07) is 0. The molecule has 0 fully saturated rings. The molecule has 0 saturated carbocycles. The van der Waals surface area contributed by atoms with Crippen LogP contribution in [-0.4, -0.2) is 17.2 Å². The molecule has 2 N–H and O–H groups in total. The fourth-order valence-corrected chi connectivity index (χ4v) is 1.48. The van der Waals surface area contributed by atoms with Crippen LogP contribution in [0.2, 0.25) is 0 Å². The zero-order valence-corrected chi connectivity index (χ0v) is 9.05. The van der Waals surface area contributed by atoms with Crippen molar-refractivity contribution < 1.29 is 10.0 Å². The maximum Gasteiger partial charge on any atom is 0.481 e. The van der Waals surface area contributed by atoms with Gasteiger partial charge in [0.05, 0.1) is 0 Å². The summed E-state index contributed by atoms with van der Waals surface area (Å²) in [6.45, 7) is 2.17. The highest BCUT2D eigenvalue weighted by molar-refractivity contribution is 9.11. The third-order valence-corrected chi connectivity index (χ3v) is 2.26. The Labute approximate surface area is 83.0 Å². The molecule has 2 nitrogen and oxygen atoms in total. The van der Waals surface area contributed by atoms with Gasteiger partial charge in [-0.1, -0.05) is 42.1 Å². The summed E-state index contributed by atoms with van der Waals surface area (Å²) in [5.74, 6) is 1.41. The molecule has 0 unspecified atom stereocenters. The van der Waals surface area contributed by atoms with E-state index in [4.69, 9.17) is 10.0 Å². The van der Waals surface area contributed by atoms with E-state index in [9.17, 15) is 0 Å². The Morgan fingerprint density at radius 1 is 1.33 bits per heavy atom. The van der Waals surface area contributed by atoms with Crippen LogP contribution in [0.4, 0.5) is 0 Å². The lowest BCUT2D eigenvalue weighted by Gasteiger charge is -1.98. The van der Waals surface area contributed by atoms with Crippen LogP contribution in [0.25, 0.3) is 0 Å². The molecule has 0 aliphatic rings. The first-order valence-corrected chi connectivity index (χ1v) is 5.18. The van der Waals surface area contributed by atoms with Crippen molar-refractivity contribution in [2.75, 3.05) is 0 Å². The second-order valence-corrected chi connectivity index (χ2v) is 3.86. The number of unbranched alkanes of at least 4 members (excludes halogenated alkanes) is 3. The Kier molecular flexibility index (Phi) is 7.97. The summed E-state index contributed by atoms with van der Waals surface area (Å²) < 4.78 is 0.883. The molecule has 0 atom stereocenters. The van der Waals surface area contributed by atoms with Crippen molar-refractivity contribution >= 4 is 23.0 Å². The lowest BCUT2D eigenvalue weighted by molar-refractivity contribution is 0.424. The molecule has 0 bridgehead atoms. The van der Waals surface area contributed by atoms with Gasteiger partial charge in [-0.2, -0.15) is 0 Å². The van der Waals surface area contributed by atoms with Crippen molar-refractivity contribution in [1.82, 2.24) is 0 Å². The van der Waals surface area contributed by atoms with Gasteiger partial charge in [-0.25, -0.2) is 0 Å². The van der Waals surface area contributed by atoms with Gasteiger partial charge in [0.1, 0.15) is 0 Å². The van der Waals surface area contributed by atoms with Crippen LogP contribution in [-0.2, 0) is 0 Å². The second kappa shape index (κ2) is 7.83. The third kappa shape index (κ3) is 8.30. The van der Waals surface area contributed by atoms with Gasteiger partial charge < -0.3 is 10.0 Å². The number of hydrogen-bond acceptors (Lipinski definition) is 2. The van der Waals surface area contributed by atoms with Gasteiger partial charge in [0, 0.05) is 0 Å². The van der Waals surface area contributed by atoms with Crippen molar-refractivity contribution in [3.8, 4) is 0 Å². The third-order valence-electron chi connectivity index (χ3n) is 1.60. The first kappa shape index (κ1) is 12.2. The van der Waals surface area contributed by atoms with Gasteiger partial charge in [0.25, 0.3) is 0 Å². The van der Waals surface area contributed by atoms with E-state index < -0.39 is 7.12 Å². The van der Waals surface area contributed by atoms with Crippen LogP contribution in [0.15, 0.2) is 10.5 Å². The Bertz CT molecular complexity index is 137. The van der Waals surface area contributed by atoms with E-state index in [-0.39, 0.29) is 0 Å². The summed E-state index contributed by atoms with van der Waals surface area (Å²) >= 11 is 3.27. The molecule has 4 heteroatoms. The summed E-state index contributed by atoms with van der Waals surface area (Å²) in [6.07, 6.45) is 5.70. The fraction of sp³-hybridized carbons (Fsp3) is 0.750. The summed E-state index contributed by atoms with van der Waals surface area (Å²) in [7, 11) is -1.33. The first-order chi connectivity index (χ1) is 5.66. The van der Waals surface area contributed by atoms with E-state index in [1.54, 1.807) is 0 Å².